The van der Waals surface area contributed by atoms with Crippen LogP contribution in [0.25, 0.3) is 11.1 Å². The molecule has 1 saturated heterocycles. The molecular formula is C33H39N7O2. The number of benzene rings is 2. The average molecular weight is 566 g/mol. The van der Waals surface area contributed by atoms with E-state index in [1.165, 1.54) is 5.56 Å². The zero-order valence-electron chi connectivity index (χ0n) is 25.2. The number of rotatable bonds is 6. The van der Waals surface area contributed by atoms with E-state index in [4.69, 9.17) is 0 Å². The lowest BCUT2D eigenvalue weighted by Gasteiger charge is -2.32. The Morgan fingerprint density at radius 1 is 0.881 bits per heavy atom. The Kier molecular flexibility index (Phi) is 8.13. The first-order valence-corrected chi connectivity index (χ1v) is 14.3. The highest BCUT2D eigenvalue weighted by atomic mass is 16.1. The molecule has 42 heavy (non-hydrogen) atoms. The lowest BCUT2D eigenvalue weighted by atomic mass is 9.86. The topological polar surface area (TPSA) is 95.4 Å². The van der Waals surface area contributed by atoms with Crippen LogP contribution in [0.3, 0.4) is 0 Å². The minimum Gasteiger partial charge on any atom is -0.353 e. The third kappa shape index (κ3) is 6.36. The summed E-state index contributed by atoms with van der Waals surface area (Å²) >= 11 is 0. The first-order valence-electron chi connectivity index (χ1n) is 14.3. The van der Waals surface area contributed by atoms with Gasteiger partial charge in [0.15, 0.2) is 11.6 Å². The van der Waals surface area contributed by atoms with Gasteiger partial charge in [0.05, 0.1) is 0 Å². The van der Waals surface area contributed by atoms with E-state index in [2.05, 4.69) is 58.4 Å². The van der Waals surface area contributed by atoms with Crippen molar-refractivity contribution in [3.63, 3.8) is 0 Å². The molecule has 2 aromatic heterocycles. The van der Waals surface area contributed by atoms with Gasteiger partial charge in [0.25, 0.3) is 11.5 Å². The Labute approximate surface area is 247 Å². The van der Waals surface area contributed by atoms with Crippen molar-refractivity contribution in [1.29, 1.82) is 0 Å². The van der Waals surface area contributed by atoms with E-state index < -0.39 is 0 Å². The molecule has 0 saturated carbocycles. The van der Waals surface area contributed by atoms with Gasteiger partial charge in [-0.05, 0) is 72.5 Å². The van der Waals surface area contributed by atoms with Gasteiger partial charge in [-0.15, -0.1) is 10.2 Å². The first kappa shape index (κ1) is 29.0. The summed E-state index contributed by atoms with van der Waals surface area (Å²) in [7, 11) is 3.84. The minimum absolute atomic E-state index is 0.0179. The van der Waals surface area contributed by atoms with Gasteiger partial charge in [0.1, 0.15) is 5.69 Å². The lowest BCUT2D eigenvalue weighted by molar-refractivity contribution is 0.102. The predicted octanol–water partition coefficient (Wildman–Crippen LogP) is 5.20. The predicted molar refractivity (Wildman–Crippen MR) is 170 cm³/mol. The summed E-state index contributed by atoms with van der Waals surface area (Å²) in [4.78, 5) is 30.6. The van der Waals surface area contributed by atoms with Crippen LogP contribution in [0.1, 0.15) is 42.3 Å². The third-order valence-electron chi connectivity index (χ3n) is 7.83. The second kappa shape index (κ2) is 11.8. The number of hydrogen-bond acceptors (Lipinski definition) is 7. The van der Waals surface area contributed by atoms with Crippen molar-refractivity contribution >= 4 is 28.9 Å². The van der Waals surface area contributed by atoms with Crippen LogP contribution in [0.5, 0.6) is 0 Å². The van der Waals surface area contributed by atoms with Gasteiger partial charge in [-0.2, -0.15) is 0 Å². The molecule has 218 valence electrons. The minimum atomic E-state index is -0.176. The lowest BCUT2D eigenvalue weighted by Crippen LogP contribution is -2.44. The average Bonchev–Trinajstić information content (AvgIpc) is 2.97. The number of pyridine rings is 1. The van der Waals surface area contributed by atoms with Crippen LogP contribution < -0.4 is 21.1 Å². The third-order valence-corrected chi connectivity index (χ3v) is 7.83. The molecule has 0 atom stereocenters. The van der Waals surface area contributed by atoms with Gasteiger partial charge >= 0.3 is 0 Å². The maximum absolute atomic E-state index is 13.1. The van der Waals surface area contributed by atoms with Crippen LogP contribution in [0.15, 0.2) is 71.7 Å². The molecular weight excluding hydrogens is 526 g/mol. The van der Waals surface area contributed by atoms with Gasteiger partial charge in [0.2, 0.25) is 0 Å². The number of nitrogens with one attached hydrogen (secondary N) is 2. The van der Waals surface area contributed by atoms with Crippen LogP contribution in [0.4, 0.5) is 23.0 Å². The maximum atomic E-state index is 13.1. The quantitative estimate of drug-likeness (QED) is 0.332. The molecule has 3 heterocycles. The second-order valence-corrected chi connectivity index (χ2v) is 12.0. The summed E-state index contributed by atoms with van der Waals surface area (Å²) < 4.78 is 1.55. The first-order chi connectivity index (χ1) is 20.0. The highest BCUT2D eigenvalue weighted by Gasteiger charge is 2.18. The highest BCUT2D eigenvalue weighted by Crippen LogP contribution is 2.30. The normalized spacial score (nSPS) is 14.1. The number of carbonyl (C=O) groups excluding carboxylic acids is 1. The second-order valence-electron chi connectivity index (χ2n) is 12.0. The summed E-state index contributed by atoms with van der Waals surface area (Å²) in [5, 5.41) is 15.0. The van der Waals surface area contributed by atoms with E-state index in [9.17, 15) is 9.59 Å². The highest BCUT2D eigenvalue weighted by molar-refractivity contribution is 6.05. The number of anilines is 4. The van der Waals surface area contributed by atoms with Crippen LogP contribution in [0.2, 0.25) is 0 Å². The van der Waals surface area contributed by atoms with Crippen molar-refractivity contribution < 1.29 is 4.79 Å². The fourth-order valence-electron chi connectivity index (χ4n) is 5.08. The zero-order chi connectivity index (χ0) is 30.0. The number of nitrogens with zero attached hydrogens (tertiary/aromatic N) is 5. The molecule has 1 amide bonds. The summed E-state index contributed by atoms with van der Waals surface area (Å²) in [6, 6.07) is 19.1. The van der Waals surface area contributed by atoms with Gasteiger partial charge in [-0.1, -0.05) is 45.0 Å². The molecule has 0 aliphatic carbocycles. The molecule has 0 radical (unpaired) electrons. The molecule has 2 aromatic carbocycles. The van der Waals surface area contributed by atoms with E-state index in [-0.39, 0.29) is 16.9 Å². The number of likely N-dealkylation sites (N-methyl/N-ethyl adjacent to an activating group) is 1. The van der Waals surface area contributed by atoms with Crippen molar-refractivity contribution in [2.24, 2.45) is 7.05 Å². The van der Waals surface area contributed by atoms with Crippen LogP contribution in [-0.4, -0.2) is 58.8 Å². The van der Waals surface area contributed by atoms with Gasteiger partial charge < -0.3 is 25.0 Å². The molecule has 0 unspecified atom stereocenters. The zero-order valence-corrected chi connectivity index (χ0v) is 25.2. The molecule has 9 heteroatoms. The van der Waals surface area contributed by atoms with Gasteiger partial charge in [-0.25, -0.2) is 0 Å². The Balaban J connectivity index is 1.36. The Morgan fingerprint density at radius 2 is 1.60 bits per heavy atom. The number of carbonyl (C=O) groups is 1. The van der Waals surface area contributed by atoms with E-state index in [0.29, 0.717) is 22.8 Å². The Bertz CT molecular complexity index is 1630. The van der Waals surface area contributed by atoms with E-state index >= 15 is 0 Å². The molecule has 9 nitrogen and oxygen atoms in total. The smallest absolute Gasteiger partial charge is 0.274 e. The number of hydrogen-bond donors (Lipinski definition) is 2. The largest absolute Gasteiger partial charge is 0.353 e. The summed E-state index contributed by atoms with van der Waals surface area (Å²) in [6.45, 7) is 12.2. The summed E-state index contributed by atoms with van der Waals surface area (Å²) in [5.74, 6) is 1.16. The van der Waals surface area contributed by atoms with Gasteiger partial charge in [0, 0.05) is 56.2 Å². The molecule has 1 aliphatic rings. The van der Waals surface area contributed by atoms with Crippen molar-refractivity contribution in [2.45, 2.75) is 33.1 Å². The van der Waals surface area contributed by atoms with Crippen LogP contribution in [-0.2, 0) is 12.5 Å². The molecule has 1 fully saturated rings. The SMILES string of the molecule is Cc1c(NC(=O)c2ccc(C(C)(C)C)cc2)cccc1-c1cc(Nc2ccc(N3CCN(C)CC3)nn2)c(=O)n(C)c1. The van der Waals surface area contributed by atoms with Gasteiger partial charge in [-0.3, -0.25) is 9.59 Å². The van der Waals surface area contributed by atoms with Crippen molar-refractivity contribution in [1.82, 2.24) is 19.7 Å². The standard InChI is InChI=1S/C33H39N7O2/c1-22-26(8-7-9-27(22)35-31(41)23-10-12-25(13-11-23)33(2,3)4)24-20-28(32(42)39(6)21-24)34-29-14-15-30(37-36-29)40-18-16-38(5)17-19-40/h7-15,20-21H,16-19H2,1-6H3,(H,34,36)(H,35,41). The molecule has 0 bridgehead atoms. The fourth-order valence-corrected chi connectivity index (χ4v) is 5.08. The number of aryl methyl sites for hydroxylation is 1. The number of aromatic nitrogens is 3. The van der Waals surface area contributed by atoms with Crippen molar-refractivity contribution in [2.75, 3.05) is 48.8 Å². The molecule has 4 aromatic rings. The molecule has 1 aliphatic heterocycles. The monoisotopic (exact) mass is 565 g/mol. The van der Waals surface area contributed by atoms with Crippen LogP contribution in [0, 0.1) is 6.92 Å². The fraction of sp³-hybridized carbons (Fsp3) is 0.333. The number of piperazine rings is 1. The van der Waals surface area contributed by atoms with E-state index in [1.54, 1.807) is 17.8 Å². The summed E-state index contributed by atoms with van der Waals surface area (Å²) in [5.41, 5.74) is 5.37. The van der Waals surface area contributed by atoms with Crippen molar-refractivity contribution in [3.8, 4) is 11.1 Å². The Morgan fingerprint density at radius 3 is 2.24 bits per heavy atom. The maximum Gasteiger partial charge on any atom is 0.274 e. The number of amides is 1. The Hall–Kier alpha value is -4.50. The van der Waals surface area contributed by atoms with E-state index in [1.807, 2.05) is 67.6 Å². The summed E-state index contributed by atoms with van der Waals surface area (Å²) in [6.07, 6.45) is 1.80. The molecule has 5 rings (SSSR count). The molecule has 2 N–H and O–H groups in total. The van der Waals surface area contributed by atoms with Crippen molar-refractivity contribution in [3.05, 3.63) is 93.9 Å². The van der Waals surface area contributed by atoms with E-state index in [0.717, 1.165) is 48.7 Å². The van der Waals surface area contributed by atoms with Crippen LogP contribution >= 0.6 is 0 Å². The molecule has 0 spiro atoms.